The first kappa shape index (κ1) is 18.4. The lowest BCUT2D eigenvalue weighted by Gasteiger charge is -2.11. The van der Waals surface area contributed by atoms with Gasteiger partial charge in [-0.3, -0.25) is 0 Å². The van der Waals surface area contributed by atoms with Crippen molar-refractivity contribution in [2.75, 3.05) is 0 Å². The van der Waals surface area contributed by atoms with Crippen molar-refractivity contribution in [3.63, 3.8) is 0 Å². The van der Waals surface area contributed by atoms with Gasteiger partial charge in [0, 0.05) is 0 Å². The van der Waals surface area contributed by atoms with E-state index in [1.54, 1.807) is 0 Å². The summed E-state index contributed by atoms with van der Waals surface area (Å²) in [6.45, 7) is 6.68. The lowest BCUT2D eigenvalue weighted by atomic mass is 9.95. The molecule has 0 amide bonds. The third-order valence-corrected chi connectivity index (χ3v) is 3.66. The minimum absolute atomic E-state index is 0. The van der Waals surface area contributed by atoms with Crippen LogP contribution in [0.1, 0.15) is 63.3 Å². The number of hydrogen-bond donors (Lipinski definition) is 0. The first-order valence-electron chi connectivity index (χ1n) is 6.83. The molecule has 0 bridgehead atoms. The van der Waals surface area contributed by atoms with Gasteiger partial charge >= 0.3 is 0 Å². The third-order valence-electron chi connectivity index (χ3n) is 3.66. The fourth-order valence-corrected chi connectivity index (χ4v) is 2.19. The van der Waals surface area contributed by atoms with E-state index in [9.17, 15) is 0 Å². The standard InChI is InChI=1S/C18H22.2CH4/c1-4-15(3)18-7-5-6-17(13-18)12-16-10-8-14(2)9-11-16;;/h5-11,13,15H,4,12H2,1-3H3;2*1H4. The molecule has 0 fully saturated rings. The van der Waals surface area contributed by atoms with Crippen molar-refractivity contribution < 1.29 is 0 Å². The van der Waals surface area contributed by atoms with Gasteiger partial charge < -0.3 is 0 Å². The Balaban J connectivity index is 0.00000180. The van der Waals surface area contributed by atoms with Crippen molar-refractivity contribution in [2.24, 2.45) is 0 Å². The molecular weight excluding hydrogens is 240 g/mol. The van der Waals surface area contributed by atoms with Crippen LogP contribution in [0, 0.1) is 6.92 Å². The van der Waals surface area contributed by atoms with E-state index < -0.39 is 0 Å². The van der Waals surface area contributed by atoms with Gasteiger partial charge in [0.1, 0.15) is 0 Å². The number of benzene rings is 2. The summed E-state index contributed by atoms with van der Waals surface area (Å²) in [5, 5.41) is 0. The van der Waals surface area contributed by atoms with Crippen LogP contribution in [0.4, 0.5) is 0 Å². The second kappa shape index (κ2) is 8.58. The molecule has 2 aromatic carbocycles. The van der Waals surface area contributed by atoms with E-state index in [4.69, 9.17) is 0 Å². The van der Waals surface area contributed by atoms with E-state index in [1.807, 2.05) is 0 Å². The Morgan fingerprint density at radius 2 is 1.55 bits per heavy atom. The molecule has 0 nitrogen and oxygen atoms in total. The molecule has 0 aliphatic heterocycles. The molecule has 0 spiro atoms. The molecule has 1 atom stereocenters. The van der Waals surface area contributed by atoms with E-state index in [0.29, 0.717) is 5.92 Å². The third kappa shape index (κ3) is 4.85. The average Bonchev–Trinajstić information content (AvgIpc) is 2.41. The summed E-state index contributed by atoms with van der Waals surface area (Å²) in [4.78, 5) is 0. The van der Waals surface area contributed by atoms with Crippen molar-refractivity contribution in [1.82, 2.24) is 0 Å². The second-order valence-corrected chi connectivity index (χ2v) is 5.22. The van der Waals surface area contributed by atoms with Crippen molar-refractivity contribution in [2.45, 2.75) is 54.4 Å². The first-order valence-corrected chi connectivity index (χ1v) is 6.83. The smallest absolute Gasteiger partial charge is 0.00257 e. The van der Waals surface area contributed by atoms with Crippen molar-refractivity contribution in [3.8, 4) is 0 Å². The Kier molecular flexibility index (Phi) is 7.91. The van der Waals surface area contributed by atoms with Gasteiger partial charge in [0.05, 0.1) is 0 Å². The van der Waals surface area contributed by atoms with Gasteiger partial charge in [-0.1, -0.05) is 82.8 Å². The SMILES string of the molecule is C.C.CCC(C)c1cccc(Cc2ccc(C)cc2)c1. The quantitative estimate of drug-likeness (QED) is 0.605. The zero-order chi connectivity index (χ0) is 13.0. The fourth-order valence-electron chi connectivity index (χ4n) is 2.19. The molecule has 20 heavy (non-hydrogen) atoms. The van der Waals surface area contributed by atoms with E-state index in [-0.39, 0.29) is 14.9 Å². The molecule has 1 unspecified atom stereocenters. The van der Waals surface area contributed by atoms with Crippen LogP contribution in [-0.4, -0.2) is 0 Å². The van der Waals surface area contributed by atoms with E-state index in [2.05, 4.69) is 69.3 Å². The van der Waals surface area contributed by atoms with Crippen LogP contribution in [0.25, 0.3) is 0 Å². The van der Waals surface area contributed by atoms with E-state index >= 15 is 0 Å². The average molecular weight is 270 g/mol. The van der Waals surface area contributed by atoms with Crippen LogP contribution in [-0.2, 0) is 6.42 Å². The maximum absolute atomic E-state index is 2.36. The Morgan fingerprint density at radius 3 is 2.15 bits per heavy atom. The lowest BCUT2D eigenvalue weighted by Crippen LogP contribution is -1.94. The highest BCUT2D eigenvalue weighted by Gasteiger charge is 2.04. The molecule has 2 aromatic rings. The molecule has 0 saturated heterocycles. The largest absolute Gasteiger partial charge is 0.0776 e. The van der Waals surface area contributed by atoms with Gasteiger partial charge in [0.15, 0.2) is 0 Å². The van der Waals surface area contributed by atoms with E-state index in [1.165, 1.54) is 28.7 Å². The Hall–Kier alpha value is -1.56. The zero-order valence-corrected chi connectivity index (χ0v) is 11.6. The molecular formula is C20H30. The lowest BCUT2D eigenvalue weighted by molar-refractivity contribution is 0.732. The van der Waals surface area contributed by atoms with Crippen molar-refractivity contribution >= 4 is 0 Å². The topological polar surface area (TPSA) is 0 Å². The highest BCUT2D eigenvalue weighted by atomic mass is 14.1. The molecule has 0 N–H and O–H groups in total. The Labute approximate surface area is 125 Å². The second-order valence-electron chi connectivity index (χ2n) is 5.22. The molecule has 0 aliphatic rings. The van der Waals surface area contributed by atoms with E-state index in [0.717, 1.165) is 6.42 Å². The molecule has 0 saturated carbocycles. The Morgan fingerprint density at radius 1 is 0.900 bits per heavy atom. The summed E-state index contributed by atoms with van der Waals surface area (Å²) in [5.41, 5.74) is 5.59. The summed E-state index contributed by atoms with van der Waals surface area (Å²) in [6, 6.07) is 17.8. The molecule has 0 aliphatic carbocycles. The number of rotatable bonds is 4. The summed E-state index contributed by atoms with van der Waals surface area (Å²) < 4.78 is 0. The summed E-state index contributed by atoms with van der Waals surface area (Å²) in [6.07, 6.45) is 2.23. The normalized spacial score (nSPS) is 11.2. The Bertz CT molecular complexity index is 494. The minimum atomic E-state index is 0. The fraction of sp³-hybridized carbons (Fsp3) is 0.400. The molecule has 110 valence electrons. The molecule has 0 radical (unpaired) electrons. The van der Waals surface area contributed by atoms with Gasteiger partial charge in [0.25, 0.3) is 0 Å². The maximum atomic E-state index is 2.36. The first-order chi connectivity index (χ1) is 8.69. The van der Waals surface area contributed by atoms with Crippen molar-refractivity contribution in [3.05, 3.63) is 70.8 Å². The number of aryl methyl sites for hydroxylation is 1. The van der Waals surface area contributed by atoms with Crippen LogP contribution in [0.3, 0.4) is 0 Å². The molecule has 0 heteroatoms. The van der Waals surface area contributed by atoms with Crippen LogP contribution in [0.2, 0.25) is 0 Å². The van der Waals surface area contributed by atoms with Crippen LogP contribution in [0.5, 0.6) is 0 Å². The molecule has 0 aromatic heterocycles. The van der Waals surface area contributed by atoms with Crippen LogP contribution in [0.15, 0.2) is 48.5 Å². The molecule has 2 rings (SSSR count). The van der Waals surface area contributed by atoms with Crippen LogP contribution < -0.4 is 0 Å². The zero-order valence-electron chi connectivity index (χ0n) is 11.6. The number of hydrogen-bond acceptors (Lipinski definition) is 0. The highest BCUT2D eigenvalue weighted by Crippen LogP contribution is 2.21. The summed E-state index contributed by atoms with van der Waals surface area (Å²) >= 11 is 0. The monoisotopic (exact) mass is 270 g/mol. The minimum Gasteiger partial charge on any atom is -0.0776 e. The van der Waals surface area contributed by atoms with Gasteiger partial charge in [0.2, 0.25) is 0 Å². The predicted molar refractivity (Wildman–Crippen MR) is 92.6 cm³/mol. The van der Waals surface area contributed by atoms with Crippen LogP contribution >= 0.6 is 0 Å². The van der Waals surface area contributed by atoms with Gasteiger partial charge in [-0.2, -0.15) is 0 Å². The van der Waals surface area contributed by atoms with Crippen molar-refractivity contribution in [1.29, 1.82) is 0 Å². The summed E-state index contributed by atoms with van der Waals surface area (Å²) in [5.74, 6) is 0.656. The molecule has 0 heterocycles. The summed E-state index contributed by atoms with van der Waals surface area (Å²) in [7, 11) is 0. The predicted octanol–water partition coefficient (Wildman–Crippen LogP) is 6.37. The van der Waals surface area contributed by atoms with Gasteiger partial charge in [-0.15, -0.1) is 0 Å². The van der Waals surface area contributed by atoms with Gasteiger partial charge in [-0.05, 0) is 42.4 Å². The highest BCUT2D eigenvalue weighted by molar-refractivity contribution is 5.32. The maximum Gasteiger partial charge on any atom is -0.00257 e. The van der Waals surface area contributed by atoms with Gasteiger partial charge in [-0.25, -0.2) is 0 Å².